The first-order chi connectivity index (χ1) is 10.9. The second-order valence-electron chi connectivity index (χ2n) is 5.03. The van der Waals surface area contributed by atoms with Crippen molar-refractivity contribution >= 4 is 40.8 Å². The Kier molecular flexibility index (Phi) is 5.64. The molecule has 1 amide bonds. The third-order valence-corrected chi connectivity index (χ3v) is 3.87. The number of amides is 1. The van der Waals surface area contributed by atoms with Crippen molar-refractivity contribution in [2.75, 3.05) is 5.32 Å². The number of ether oxygens (including phenoxy) is 1. The lowest BCUT2D eigenvalue weighted by molar-refractivity contribution is -0.123. The summed E-state index contributed by atoms with van der Waals surface area (Å²) < 4.78 is 5.14. The normalized spacial score (nSPS) is 11.7. The number of anilines is 1. The lowest BCUT2D eigenvalue weighted by Gasteiger charge is -2.14. The SMILES string of the molecule is Cc1ccc(NC(=O)[C@@H](C)OC(=O)c2ccc(Cl)c(Cl)c2)cc1. The Bertz CT molecular complexity index is 729. The van der Waals surface area contributed by atoms with Gasteiger partial charge in [0.05, 0.1) is 15.6 Å². The summed E-state index contributed by atoms with van der Waals surface area (Å²) in [6.45, 7) is 3.45. The molecule has 0 saturated carbocycles. The number of benzene rings is 2. The Morgan fingerprint density at radius 1 is 1.04 bits per heavy atom. The van der Waals surface area contributed by atoms with Crippen molar-refractivity contribution in [2.45, 2.75) is 20.0 Å². The largest absolute Gasteiger partial charge is 0.449 e. The van der Waals surface area contributed by atoms with E-state index in [1.807, 2.05) is 19.1 Å². The van der Waals surface area contributed by atoms with Crippen molar-refractivity contribution in [3.8, 4) is 0 Å². The Hall–Kier alpha value is -2.04. The number of esters is 1. The van der Waals surface area contributed by atoms with Crippen molar-refractivity contribution in [1.29, 1.82) is 0 Å². The summed E-state index contributed by atoms with van der Waals surface area (Å²) in [5, 5.41) is 3.27. The summed E-state index contributed by atoms with van der Waals surface area (Å²) >= 11 is 11.7. The van der Waals surface area contributed by atoms with E-state index >= 15 is 0 Å². The van der Waals surface area contributed by atoms with Gasteiger partial charge in [0.2, 0.25) is 0 Å². The van der Waals surface area contributed by atoms with Crippen molar-refractivity contribution in [1.82, 2.24) is 0 Å². The highest BCUT2D eigenvalue weighted by molar-refractivity contribution is 6.42. The van der Waals surface area contributed by atoms with Gasteiger partial charge in [-0.1, -0.05) is 40.9 Å². The van der Waals surface area contributed by atoms with Crippen LogP contribution in [0, 0.1) is 6.92 Å². The van der Waals surface area contributed by atoms with Gasteiger partial charge in [0.1, 0.15) is 0 Å². The second kappa shape index (κ2) is 7.49. The number of aryl methyl sites for hydroxylation is 1. The molecule has 2 aromatic carbocycles. The van der Waals surface area contributed by atoms with Gasteiger partial charge in [0, 0.05) is 5.69 Å². The zero-order valence-corrected chi connectivity index (χ0v) is 14.1. The molecule has 0 aromatic heterocycles. The summed E-state index contributed by atoms with van der Waals surface area (Å²) in [5.74, 6) is -1.06. The highest BCUT2D eigenvalue weighted by atomic mass is 35.5. The van der Waals surface area contributed by atoms with E-state index in [4.69, 9.17) is 27.9 Å². The molecule has 0 radical (unpaired) electrons. The predicted octanol–water partition coefficient (Wildman–Crippen LogP) is 4.49. The lowest BCUT2D eigenvalue weighted by Crippen LogP contribution is -2.30. The summed E-state index contributed by atoms with van der Waals surface area (Å²) in [6.07, 6.45) is -0.946. The van der Waals surface area contributed by atoms with E-state index < -0.39 is 18.0 Å². The molecule has 0 spiro atoms. The topological polar surface area (TPSA) is 55.4 Å². The van der Waals surface area contributed by atoms with Crippen LogP contribution in [0.3, 0.4) is 0 Å². The van der Waals surface area contributed by atoms with Gasteiger partial charge in [-0.3, -0.25) is 4.79 Å². The molecule has 1 atom stereocenters. The number of halogens is 2. The fraction of sp³-hybridized carbons (Fsp3) is 0.176. The Morgan fingerprint density at radius 3 is 2.30 bits per heavy atom. The number of hydrogen-bond acceptors (Lipinski definition) is 3. The van der Waals surface area contributed by atoms with Gasteiger partial charge in [0.15, 0.2) is 6.10 Å². The first-order valence-corrected chi connectivity index (χ1v) is 7.66. The molecule has 2 rings (SSSR count). The highest BCUT2D eigenvalue weighted by Gasteiger charge is 2.19. The van der Waals surface area contributed by atoms with E-state index in [2.05, 4.69) is 5.32 Å². The zero-order valence-electron chi connectivity index (χ0n) is 12.6. The Balaban J connectivity index is 1.98. The molecule has 0 aliphatic rings. The maximum absolute atomic E-state index is 12.0. The Morgan fingerprint density at radius 2 is 1.70 bits per heavy atom. The van der Waals surface area contributed by atoms with Crippen LogP contribution in [0.1, 0.15) is 22.8 Å². The average Bonchev–Trinajstić information content (AvgIpc) is 2.52. The van der Waals surface area contributed by atoms with Gasteiger partial charge < -0.3 is 10.1 Å². The van der Waals surface area contributed by atoms with Crippen LogP contribution in [0.4, 0.5) is 5.69 Å². The van der Waals surface area contributed by atoms with Gasteiger partial charge in [-0.2, -0.15) is 0 Å². The smallest absolute Gasteiger partial charge is 0.338 e. The number of rotatable bonds is 4. The standard InChI is InChI=1S/C17H15Cl2NO3/c1-10-3-6-13(7-4-10)20-16(21)11(2)23-17(22)12-5-8-14(18)15(19)9-12/h3-9,11H,1-2H3,(H,20,21)/t11-/m1/s1. The van der Waals surface area contributed by atoms with E-state index in [1.165, 1.54) is 25.1 Å². The maximum atomic E-state index is 12.0. The van der Waals surface area contributed by atoms with Crippen LogP contribution in [0.2, 0.25) is 10.0 Å². The van der Waals surface area contributed by atoms with E-state index in [0.29, 0.717) is 10.7 Å². The molecule has 120 valence electrons. The van der Waals surface area contributed by atoms with Gasteiger partial charge in [-0.25, -0.2) is 4.79 Å². The minimum Gasteiger partial charge on any atom is -0.449 e. The molecule has 4 nitrogen and oxygen atoms in total. The maximum Gasteiger partial charge on any atom is 0.338 e. The van der Waals surface area contributed by atoms with Gasteiger partial charge in [-0.05, 0) is 44.2 Å². The average molecular weight is 352 g/mol. The molecule has 23 heavy (non-hydrogen) atoms. The van der Waals surface area contributed by atoms with Crippen LogP contribution in [0.15, 0.2) is 42.5 Å². The molecular formula is C17H15Cl2NO3. The molecule has 0 heterocycles. The van der Waals surface area contributed by atoms with Gasteiger partial charge >= 0.3 is 5.97 Å². The third-order valence-electron chi connectivity index (χ3n) is 3.13. The Labute approximate surface area is 144 Å². The molecular weight excluding hydrogens is 337 g/mol. The quantitative estimate of drug-likeness (QED) is 0.825. The fourth-order valence-electron chi connectivity index (χ4n) is 1.79. The van der Waals surface area contributed by atoms with Crippen LogP contribution in [0.5, 0.6) is 0 Å². The molecule has 0 bridgehead atoms. The number of carbonyl (C=O) groups is 2. The van der Waals surface area contributed by atoms with Crippen LogP contribution in [0.25, 0.3) is 0 Å². The van der Waals surface area contributed by atoms with Crippen LogP contribution in [-0.4, -0.2) is 18.0 Å². The van der Waals surface area contributed by atoms with Crippen molar-refractivity contribution in [2.24, 2.45) is 0 Å². The molecule has 0 saturated heterocycles. The second-order valence-corrected chi connectivity index (χ2v) is 5.85. The summed E-state index contributed by atoms with van der Waals surface area (Å²) in [6, 6.07) is 11.7. The minimum absolute atomic E-state index is 0.231. The van der Waals surface area contributed by atoms with Gasteiger partial charge in [0.25, 0.3) is 5.91 Å². The molecule has 0 aliphatic heterocycles. The van der Waals surface area contributed by atoms with Crippen molar-refractivity contribution < 1.29 is 14.3 Å². The zero-order chi connectivity index (χ0) is 17.0. The van der Waals surface area contributed by atoms with Gasteiger partial charge in [-0.15, -0.1) is 0 Å². The summed E-state index contributed by atoms with van der Waals surface area (Å²) in [7, 11) is 0. The van der Waals surface area contributed by atoms with Crippen LogP contribution < -0.4 is 5.32 Å². The van der Waals surface area contributed by atoms with E-state index in [0.717, 1.165) is 5.56 Å². The van der Waals surface area contributed by atoms with Crippen LogP contribution >= 0.6 is 23.2 Å². The summed E-state index contributed by atoms with van der Waals surface area (Å²) in [4.78, 5) is 24.1. The molecule has 2 aromatic rings. The highest BCUT2D eigenvalue weighted by Crippen LogP contribution is 2.23. The first-order valence-electron chi connectivity index (χ1n) is 6.90. The van der Waals surface area contributed by atoms with Crippen LogP contribution in [-0.2, 0) is 9.53 Å². The van der Waals surface area contributed by atoms with Crippen molar-refractivity contribution in [3.63, 3.8) is 0 Å². The number of hydrogen-bond donors (Lipinski definition) is 1. The monoisotopic (exact) mass is 351 g/mol. The third kappa shape index (κ3) is 4.71. The van der Waals surface area contributed by atoms with E-state index in [-0.39, 0.29) is 10.6 Å². The molecule has 1 N–H and O–H groups in total. The molecule has 0 unspecified atom stereocenters. The first kappa shape index (κ1) is 17.3. The minimum atomic E-state index is -0.946. The molecule has 0 fully saturated rings. The fourth-order valence-corrected chi connectivity index (χ4v) is 2.08. The molecule has 6 heteroatoms. The molecule has 0 aliphatic carbocycles. The lowest BCUT2D eigenvalue weighted by atomic mass is 10.2. The number of nitrogens with one attached hydrogen (secondary N) is 1. The van der Waals surface area contributed by atoms with E-state index in [9.17, 15) is 9.59 Å². The van der Waals surface area contributed by atoms with Crippen molar-refractivity contribution in [3.05, 3.63) is 63.6 Å². The number of carbonyl (C=O) groups excluding carboxylic acids is 2. The summed E-state index contributed by atoms with van der Waals surface area (Å²) in [5.41, 5.74) is 1.95. The predicted molar refractivity (Wildman–Crippen MR) is 91.1 cm³/mol. The van der Waals surface area contributed by atoms with E-state index in [1.54, 1.807) is 12.1 Å².